The van der Waals surface area contributed by atoms with Crippen LogP contribution >= 0.6 is 0 Å². The van der Waals surface area contributed by atoms with E-state index in [9.17, 15) is 40.5 Å². The van der Waals surface area contributed by atoms with Gasteiger partial charge in [-0.2, -0.15) is 0 Å². The SMILES string of the molecule is CC/C=C\C/C=C\C/C=C\C/C=C\C/C=C\CCCCOCC(COC1OC(COC2OC(CO)C(O)C(O)C2O)C(O)C(O)C1O)OC(=O)CCCCCCCCCCCCCCCCCCCCCCCCCC. The molecule has 2 rings (SSSR count). The van der Waals surface area contributed by atoms with Crippen LogP contribution in [0.2, 0.25) is 0 Å². The number of unbranched alkanes of at least 4 members (excludes halogenated alkanes) is 25. The molecule has 442 valence electrons. The number of ether oxygens (including phenoxy) is 6. The molecule has 11 unspecified atom stereocenters. The lowest BCUT2D eigenvalue weighted by atomic mass is 9.98. The molecule has 0 radical (unpaired) electrons. The third kappa shape index (κ3) is 34.6. The normalized spacial score (nSPS) is 24.9. The number of aliphatic hydroxyl groups excluding tert-OH is 7. The largest absolute Gasteiger partial charge is 0.457 e. The lowest BCUT2D eigenvalue weighted by Crippen LogP contribution is -2.61. The number of esters is 1. The fourth-order valence-electron chi connectivity index (χ4n) is 9.43. The summed E-state index contributed by atoms with van der Waals surface area (Å²) in [6, 6.07) is 0. The van der Waals surface area contributed by atoms with Crippen LogP contribution in [0, 0.1) is 0 Å². The molecule has 0 saturated carbocycles. The van der Waals surface area contributed by atoms with E-state index in [0.717, 1.165) is 70.6 Å². The lowest BCUT2D eigenvalue weighted by molar-refractivity contribution is -0.332. The second-order valence-corrected chi connectivity index (χ2v) is 21.2. The Hall–Kier alpha value is -2.31. The van der Waals surface area contributed by atoms with Gasteiger partial charge in [0.2, 0.25) is 0 Å². The van der Waals surface area contributed by atoms with Gasteiger partial charge in [-0.25, -0.2) is 0 Å². The van der Waals surface area contributed by atoms with Crippen molar-refractivity contribution in [3.05, 3.63) is 60.8 Å². The van der Waals surface area contributed by atoms with Crippen LogP contribution in [0.3, 0.4) is 0 Å². The molecule has 0 aromatic heterocycles. The van der Waals surface area contributed by atoms with Gasteiger partial charge in [0.15, 0.2) is 12.6 Å². The van der Waals surface area contributed by atoms with E-state index in [1.807, 2.05) is 0 Å². The molecule has 2 aliphatic heterocycles. The van der Waals surface area contributed by atoms with Gasteiger partial charge in [0.25, 0.3) is 0 Å². The summed E-state index contributed by atoms with van der Waals surface area (Å²) >= 11 is 0. The van der Waals surface area contributed by atoms with Crippen LogP contribution in [0.15, 0.2) is 60.8 Å². The topological polar surface area (TPSA) is 214 Å². The number of carbonyl (C=O) groups is 1. The van der Waals surface area contributed by atoms with Gasteiger partial charge >= 0.3 is 5.97 Å². The molecule has 0 aromatic carbocycles. The minimum absolute atomic E-state index is 0.0322. The highest BCUT2D eigenvalue weighted by Crippen LogP contribution is 2.27. The molecule has 11 atom stereocenters. The van der Waals surface area contributed by atoms with Crippen LogP contribution in [0.1, 0.15) is 226 Å². The number of hydrogen-bond donors (Lipinski definition) is 7. The van der Waals surface area contributed by atoms with Gasteiger partial charge in [-0.15, -0.1) is 0 Å². The fourth-order valence-corrected chi connectivity index (χ4v) is 9.43. The van der Waals surface area contributed by atoms with Gasteiger partial charge in [0.05, 0.1) is 26.4 Å². The summed E-state index contributed by atoms with van der Waals surface area (Å²) in [6.07, 6.45) is 44.4. The summed E-state index contributed by atoms with van der Waals surface area (Å²) < 4.78 is 34.4. The number of carbonyl (C=O) groups excluding carboxylic acids is 1. The predicted octanol–water partition coefficient (Wildman–Crippen LogP) is 11.2. The average molecular weight is 1080 g/mol. The number of allylic oxidation sites excluding steroid dienone is 10. The standard InChI is InChI=1S/C62H110O14/c1-3-5-7-9-11-13-15-17-19-21-23-24-25-26-27-28-29-31-33-35-37-39-41-43-45-54(64)74-51(48-71-46-44-42-40-38-36-34-32-30-22-20-18-16-14-12-10-8-6-4-2)49-72-61-60(70)58(68)56(66)53(76-61)50-73-62-59(69)57(67)55(65)52(47-63)75-62/h6,8,12,14,18,20,30,32,36,38,51-53,55-63,65-70H,3-5,7,9-11,13,15-17,19,21-29,31,33-35,37,39-50H2,1-2H3/b8-6-,14-12-,20-18-,32-30-,38-36-. The average Bonchev–Trinajstić information content (AvgIpc) is 3.42. The highest BCUT2D eigenvalue weighted by atomic mass is 16.7. The van der Waals surface area contributed by atoms with E-state index in [2.05, 4.69) is 74.6 Å². The smallest absolute Gasteiger partial charge is 0.306 e. The van der Waals surface area contributed by atoms with Crippen LogP contribution in [0.5, 0.6) is 0 Å². The highest BCUT2D eigenvalue weighted by Gasteiger charge is 2.47. The van der Waals surface area contributed by atoms with Gasteiger partial charge < -0.3 is 64.2 Å². The minimum atomic E-state index is -1.72. The van der Waals surface area contributed by atoms with Crippen molar-refractivity contribution in [2.75, 3.05) is 33.0 Å². The molecule has 0 spiro atoms. The van der Waals surface area contributed by atoms with Crippen molar-refractivity contribution in [3.63, 3.8) is 0 Å². The van der Waals surface area contributed by atoms with Crippen LogP contribution in [-0.2, 0) is 33.2 Å². The predicted molar refractivity (Wildman–Crippen MR) is 302 cm³/mol. The first kappa shape index (κ1) is 69.8. The summed E-state index contributed by atoms with van der Waals surface area (Å²) in [5.41, 5.74) is 0. The highest BCUT2D eigenvalue weighted by molar-refractivity contribution is 5.69. The Labute approximate surface area is 460 Å². The lowest BCUT2D eigenvalue weighted by Gasteiger charge is -2.42. The first-order valence-electron chi connectivity index (χ1n) is 30.4. The van der Waals surface area contributed by atoms with E-state index in [-0.39, 0.29) is 25.6 Å². The van der Waals surface area contributed by atoms with Crippen LogP contribution in [-0.4, -0.2) is 142 Å². The van der Waals surface area contributed by atoms with Crippen molar-refractivity contribution in [2.45, 2.75) is 293 Å². The number of aliphatic hydroxyl groups is 7. The molecule has 2 heterocycles. The van der Waals surface area contributed by atoms with Gasteiger partial charge in [-0.05, 0) is 57.8 Å². The van der Waals surface area contributed by atoms with E-state index < -0.39 is 80.7 Å². The zero-order valence-corrected chi connectivity index (χ0v) is 47.5. The second-order valence-electron chi connectivity index (χ2n) is 21.2. The Kier molecular flexibility index (Phi) is 44.6. The Morgan fingerprint density at radius 2 is 0.855 bits per heavy atom. The molecule has 2 aliphatic rings. The first-order valence-corrected chi connectivity index (χ1v) is 30.4. The van der Waals surface area contributed by atoms with E-state index in [0.29, 0.717) is 13.0 Å². The molecule has 0 aromatic rings. The molecule has 7 N–H and O–H groups in total. The summed E-state index contributed by atoms with van der Waals surface area (Å²) in [5, 5.41) is 72.4. The van der Waals surface area contributed by atoms with Crippen molar-refractivity contribution in [1.29, 1.82) is 0 Å². The molecule has 76 heavy (non-hydrogen) atoms. The molecule has 0 aliphatic carbocycles. The summed E-state index contributed by atoms with van der Waals surface area (Å²) in [4.78, 5) is 13.1. The third-order valence-corrected chi connectivity index (χ3v) is 14.3. The first-order chi connectivity index (χ1) is 37.1. The van der Waals surface area contributed by atoms with Crippen LogP contribution < -0.4 is 0 Å². The molecular weight excluding hydrogens is 969 g/mol. The zero-order valence-electron chi connectivity index (χ0n) is 47.5. The molecule has 14 heteroatoms. The molecule has 0 bridgehead atoms. The third-order valence-electron chi connectivity index (χ3n) is 14.3. The van der Waals surface area contributed by atoms with Crippen molar-refractivity contribution in [1.82, 2.24) is 0 Å². The van der Waals surface area contributed by atoms with Gasteiger partial charge in [-0.3, -0.25) is 4.79 Å². The van der Waals surface area contributed by atoms with E-state index >= 15 is 0 Å². The second kappa shape index (κ2) is 48.6. The van der Waals surface area contributed by atoms with Gasteiger partial charge in [0, 0.05) is 13.0 Å². The molecular formula is C62H110O14. The van der Waals surface area contributed by atoms with Crippen molar-refractivity contribution in [2.24, 2.45) is 0 Å². The van der Waals surface area contributed by atoms with Crippen LogP contribution in [0.25, 0.3) is 0 Å². The Morgan fingerprint density at radius 3 is 1.32 bits per heavy atom. The Bertz CT molecular complexity index is 1490. The van der Waals surface area contributed by atoms with Gasteiger partial charge in [-0.1, -0.05) is 222 Å². The molecule has 2 fully saturated rings. The maximum absolute atomic E-state index is 13.1. The van der Waals surface area contributed by atoms with Crippen molar-refractivity contribution in [3.8, 4) is 0 Å². The monoisotopic (exact) mass is 1080 g/mol. The van der Waals surface area contributed by atoms with Crippen molar-refractivity contribution < 1.29 is 69.0 Å². The maximum Gasteiger partial charge on any atom is 0.306 e. The van der Waals surface area contributed by atoms with E-state index in [4.69, 9.17) is 28.4 Å². The van der Waals surface area contributed by atoms with Crippen molar-refractivity contribution >= 4 is 5.97 Å². The van der Waals surface area contributed by atoms with E-state index in [1.165, 1.54) is 128 Å². The zero-order chi connectivity index (χ0) is 55.1. The maximum atomic E-state index is 13.1. The van der Waals surface area contributed by atoms with Gasteiger partial charge in [0.1, 0.15) is 54.9 Å². The quantitative estimate of drug-likeness (QED) is 0.0172. The molecule has 14 nitrogen and oxygen atoms in total. The molecule has 2 saturated heterocycles. The minimum Gasteiger partial charge on any atom is -0.457 e. The number of rotatable bonds is 49. The summed E-state index contributed by atoms with van der Waals surface area (Å²) in [6.45, 7) is 3.49. The fraction of sp³-hybridized carbons (Fsp3) is 0.823. The van der Waals surface area contributed by atoms with E-state index in [1.54, 1.807) is 0 Å². The summed E-state index contributed by atoms with van der Waals surface area (Å²) in [5.74, 6) is -0.388. The van der Waals surface area contributed by atoms with Crippen LogP contribution in [0.4, 0.5) is 0 Å². The Morgan fingerprint density at radius 1 is 0.447 bits per heavy atom. The Balaban J connectivity index is 1.70. The number of hydrogen-bond acceptors (Lipinski definition) is 14. The summed E-state index contributed by atoms with van der Waals surface area (Å²) in [7, 11) is 0. The molecule has 0 amide bonds.